The summed E-state index contributed by atoms with van der Waals surface area (Å²) in [5, 5.41) is 26.9. The van der Waals surface area contributed by atoms with Crippen LogP contribution in [0.1, 0.15) is 6.23 Å². The van der Waals surface area contributed by atoms with Gasteiger partial charge in [0, 0.05) is 6.20 Å². The molecule has 1 aromatic rings. The highest BCUT2D eigenvalue weighted by Crippen LogP contribution is 2.58. The number of hydrogen-bond donors (Lipinski definition) is 6. The smallest absolute Gasteiger partial charge is 0.351 e. The van der Waals surface area contributed by atoms with Crippen molar-refractivity contribution < 1.29 is 29.8 Å². The lowest BCUT2D eigenvalue weighted by molar-refractivity contribution is -0.0595. The van der Waals surface area contributed by atoms with E-state index >= 15 is 0 Å². The molecular formula is C9H14N3O7PS. The lowest BCUT2D eigenvalue weighted by Crippen LogP contribution is -2.49. The number of ether oxygens (including phenoxy) is 1. The molecule has 0 saturated carbocycles. The summed E-state index contributed by atoms with van der Waals surface area (Å²) in [6.45, 7) is -5.29. The molecule has 10 nitrogen and oxygen atoms in total. The molecule has 1 aliphatic rings. The van der Waals surface area contributed by atoms with Gasteiger partial charge in [-0.05, 0) is 17.9 Å². The summed E-state index contributed by atoms with van der Waals surface area (Å²) in [7, 11) is 0. The Bertz CT molecular complexity index is 648. The van der Waals surface area contributed by atoms with E-state index in [2.05, 4.69) is 16.8 Å². The second-order valence-corrected chi connectivity index (χ2v) is 7.84. The summed E-state index contributed by atoms with van der Waals surface area (Å²) >= 11 is 4.43. The standard InChI is InChI=1S/C9H14N3O7PS/c10-5-1-2-12(8(15)11-5)7-6(14)9(16,20(17,18)21)4(3-13)19-7/h1-2,4,6-7,13-14,16H,3H2,(H2,10,11,15)(H2,17,18,21)/t4-,6+,7-,9+/m1/s1. The Balaban J connectivity index is 2.50. The quantitative estimate of drug-likeness (QED) is 0.313. The highest BCUT2D eigenvalue weighted by atomic mass is 32.5. The predicted octanol–water partition coefficient (Wildman–Crippen LogP) is -2.94. The van der Waals surface area contributed by atoms with Crippen LogP contribution in [0.2, 0.25) is 0 Å². The van der Waals surface area contributed by atoms with Crippen molar-refractivity contribution >= 4 is 24.1 Å². The molecule has 12 heteroatoms. The van der Waals surface area contributed by atoms with E-state index in [1.54, 1.807) is 0 Å². The highest BCUT2D eigenvalue weighted by molar-refractivity contribution is 8.09. The Morgan fingerprint density at radius 3 is 2.62 bits per heavy atom. The average Bonchev–Trinajstić information content (AvgIpc) is 2.63. The second kappa shape index (κ2) is 5.38. The van der Waals surface area contributed by atoms with Crippen LogP contribution in [0.4, 0.5) is 5.82 Å². The Labute approximate surface area is 123 Å². The zero-order valence-electron chi connectivity index (χ0n) is 10.5. The minimum absolute atomic E-state index is 0.0628. The molecule has 0 aromatic carbocycles. The fourth-order valence-corrected chi connectivity index (χ4v) is 3.78. The second-order valence-electron chi connectivity index (χ2n) is 4.51. The molecular weight excluding hydrogens is 325 g/mol. The molecule has 2 heterocycles. The Morgan fingerprint density at radius 1 is 1.57 bits per heavy atom. The number of nitrogens with two attached hydrogens (primary N) is 1. The van der Waals surface area contributed by atoms with Gasteiger partial charge in [0.05, 0.1) is 6.61 Å². The van der Waals surface area contributed by atoms with Gasteiger partial charge < -0.3 is 35.6 Å². The van der Waals surface area contributed by atoms with Gasteiger partial charge >= 0.3 is 5.69 Å². The van der Waals surface area contributed by atoms with Crippen LogP contribution in [0.3, 0.4) is 0 Å². The highest BCUT2D eigenvalue weighted by Gasteiger charge is 2.63. The summed E-state index contributed by atoms with van der Waals surface area (Å²) in [5.74, 6) is -0.0628. The third-order valence-corrected chi connectivity index (χ3v) is 5.60. The maximum atomic E-state index is 11.7. The fraction of sp³-hybridized carbons (Fsp3) is 0.556. The molecule has 4 atom stereocenters. The number of rotatable bonds is 3. The first-order chi connectivity index (χ1) is 9.62. The number of anilines is 1. The molecule has 0 radical (unpaired) electrons. The molecule has 0 amide bonds. The van der Waals surface area contributed by atoms with Crippen molar-refractivity contribution in [1.29, 1.82) is 0 Å². The van der Waals surface area contributed by atoms with Crippen molar-refractivity contribution in [1.82, 2.24) is 9.55 Å². The molecule has 0 aliphatic carbocycles. The van der Waals surface area contributed by atoms with Crippen molar-refractivity contribution in [2.45, 2.75) is 23.8 Å². The number of hydrogen-bond acceptors (Lipinski definition) is 8. The van der Waals surface area contributed by atoms with Crippen LogP contribution in [0.5, 0.6) is 0 Å². The monoisotopic (exact) mass is 339 g/mol. The van der Waals surface area contributed by atoms with Gasteiger partial charge in [0.15, 0.2) is 11.6 Å². The normalized spacial score (nSPS) is 33.3. The first-order valence-corrected chi connectivity index (χ1v) is 8.40. The maximum Gasteiger partial charge on any atom is 0.351 e. The van der Waals surface area contributed by atoms with E-state index in [9.17, 15) is 29.9 Å². The first-order valence-electron chi connectivity index (χ1n) is 5.70. The van der Waals surface area contributed by atoms with Crippen LogP contribution < -0.4 is 11.4 Å². The van der Waals surface area contributed by atoms with Crippen molar-refractivity contribution in [2.24, 2.45) is 0 Å². The molecule has 1 aromatic heterocycles. The van der Waals surface area contributed by atoms with Gasteiger partial charge in [-0.1, -0.05) is 0 Å². The molecule has 7 N–H and O–H groups in total. The summed E-state index contributed by atoms with van der Waals surface area (Å²) in [6.07, 6.45) is -3.90. The van der Waals surface area contributed by atoms with E-state index in [0.29, 0.717) is 0 Å². The van der Waals surface area contributed by atoms with Crippen LogP contribution in [-0.2, 0) is 16.5 Å². The van der Waals surface area contributed by atoms with Crippen molar-refractivity contribution in [2.75, 3.05) is 12.3 Å². The van der Waals surface area contributed by atoms with Gasteiger partial charge in [-0.25, -0.2) is 4.79 Å². The van der Waals surface area contributed by atoms with Crippen molar-refractivity contribution in [3.05, 3.63) is 22.7 Å². The first kappa shape index (κ1) is 16.5. The minimum atomic E-state index is -4.44. The van der Waals surface area contributed by atoms with E-state index < -0.39 is 42.6 Å². The summed E-state index contributed by atoms with van der Waals surface area (Å²) in [6, 6.07) is 1.25. The Morgan fingerprint density at radius 2 is 2.19 bits per heavy atom. The maximum absolute atomic E-state index is 11.7. The van der Waals surface area contributed by atoms with Crippen LogP contribution in [0, 0.1) is 0 Å². The number of nitrogens with zero attached hydrogens (tertiary/aromatic N) is 2. The van der Waals surface area contributed by atoms with Crippen LogP contribution in [0.15, 0.2) is 17.1 Å². The summed E-state index contributed by atoms with van der Waals surface area (Å²) in [4.78, 5) is 34.3. The zero-order chi connectivity index (χ0) is 16.0. The van der Waals surface area contributed by atoms with Gasteiger partial charge in [-0.2, -0.15) is 4.98 Å². The molecule has 118 valence electrons. The van der Waals surface area contributed by atoms with E-state index in [1.165, 1.54) is 6.07 Å². The summed E-state index contributed by atoms with van der Waals surface area (Å²) < 4.78 is 5.94. The van der Waals surface area contributed by atoms with Crippen molar-refractivity contribution in [3.63, 3.8) is 0 Å². The van der Waals surface area contributed by atoms with Gasteiger partial charge in [0.1, 0.15) is 18.0 Å². The van der Waals surface area contributed by atoms with Crippen LogP contribution in [-0.4, -0.2) is 58.8 Å². The molecule has 21 heavy (non-hydrogen) atoms. The van der Waals surface area contributed by atoms with Crippen LogP contribution in [0.25, 0.3) is 0 Å². The molecule has 1 fully saturated rings. The Hall–Kier alpha value is -0.910. The topological polar surface area (TPSA) is 171 Å². The lowest BCUT2D eigenvalue weighted by Gasteiger charge is -2.33. The molecule has 1 aliphatic heterocycles. The van der Waals surface area contributed by atoms with E-state index in [-0.39, 0.29) is 5.82 Å². The van der Waals surface area contributed by atoms with Gasteiger partial charge in [0.2, 0.25) is 6.49 Å². The van der Waals surface area contributed by atoms with Crippen molar-refractivity contribution in [3.8, 4) is 0 Å². The molecule has 0 unspecified atom stereocenters. The van der Waals surface area contributed by atoms with E-state index in [1.807, 2.05) is 0 Å². The fourth-order valence-electron chi connectivity index (χ4n) is 2.12. The molecule has 0 bridgehead atoms. The van der Waals surface area contributed by atoms with Gasteiger partial charge in [-0.3, -0.25) is 4.57 Å². The predicted molar refractivity (Wildman–Crippen MR) is 73.6 cm³/mol. The molecule has 2 rings (SSSR count). The molecule has 0 spiro atoms. The lowest BCUT2D eigenvalue weighted by atomic mass is 10.1. The number of aliphatic hydroxyl groups excluding tert-OH is 2. The number of aromatic nitrogens is 2. The third-order valence-electron chi connectivity index (χ3n) is 3.24. The van der Waals surface area contributed by atoms with Gasteiger partial charge in [-0.15, -0.1) is 0 Å². The minimum Gasteiger partial charge on any atom is -0.394 e. The van der Waals surface area contributed by atoms with E-state index in [0.717, 1.165) is 10.8 Å². The number of nitrogen functional groups attached to an aromatic ring is 1. The average molecular weight is 339 g/mol. The van der Waals surface area contributed by atoms with E-state index in [4.69, 9.17) is 10.5 Å². The third kappa shape index (κ3) is 2.51. The SMILES string of the molecule is Nc1ccn([C@@H]2O[C@H](CO)[C@](O)(P(O)(O)=S)[C@H]2O)c(=O)n1. The van der Waals surface area contributed by atoms with Gasteiger partial charge in [0.25, 0.3) is 0 Å². The largest absolute Gasteiger partial charge is 0.394 e. The number of aliphatic hydroxyl groups is 3. The Kier molecular flexibility index (Phi) is 4.21. The zero-order valence-corrected chi connectivity index (χ0v) is 12.2. The summed E-state index contributed by atoms with van der Waals surface area (Å²) in [5.41, 5.74) is 4.44. The van der Waals surface area contributed by atoms with Crippen LogP contribution >= 0.6 is 6.49 Å². The molecule has 1 saturated heterocycles.